The van der Waals surface area contributed by atoms with Crippen molar-refractivity contribution in [1.29, 1.82) is 0 Å². The van der Waals surface area contributed by atoms with Crippen LogP contribution >= 0.6 is 0 Å². The van der Waals surface area contributed by atoms with Gasteiger partial charge in [0.15, 0.2) is 0 Å². The van der Waals surface area contributed by atoms with Crippen molar-refractivity contribution in [2.75, 3.05) is 23.3 Å². The molecule has 0 fully saturated rings. The Morgan fingerprint density at radius 2 is 1.80 bits per heavy atom. The van der Waals surface area contributed by atoms with Crippen molar-refractivity contribution in [1.82, 2.24) is 15.3 Å². The van der Waals surface area contributed by atoms with Crippen molar-refractivity contribution < 1.29 is 4.79 Å². The van der Waals surface area contributed by atoms with E-state index in [1.807, 2.05) is 26.0 Å². The third-order valence-corrected chi connectivity index (χ3v) is 4.16. The summed E-state index contributed by atoms with van der Waals surface area (Å²) in [6.45, 7) is 10.2. The largest absolute Gasteiger partial charge is 0.372 e. The van der Waals surface area contributed by atoms with Crippen LogP contribution in [0.4, 0.5) is 17.2 Å². The summed E-state index contributed by atoms with van der Waals surface area (Å²) in [6, 6.07) is 9.95. The number of rotatable bonds is 8. The third-order valence-electron chi connectivity index (χ3n) is 4.16. The Labute approximate surface area is 149 Å². The van der Waals surface area contributed by atoms with E-state index in [4.69, 9.17) is 0 Å². The van der Waals surface area contributed by atoms with E-state index >= 15 is 0 Å². The number of benzene rings is 1. The molecule has 0 aliphatic carbocycles. The van der Waals surface area contributed by atoms with Gasteiger partial charge in [0, 0.05) is 36.6 Å². The van der Waals surface area contributed by atoms with Gasteiger partial charge in [-0.05, 0) is 51.5 Å². The molecule has 0 aliphatic heterocycles. The molecule has 1 atom stereocenters. The van der Waals surface area contributed by atoms with E-state index in [1.165, 1.54) is 12.0 Å². The van der Waals surface area contributed by atoms with E-state index in [0.717, 1.165) is 25.2 Å². The van der Waals surface area contributed by atoms with Crippen molar-refractivity contribution in [2.24, 2.45) is 0 Å². The Kier molecular flexibility index (Phi) is 6.74. The zero-order valence-corrected chi connectivity index (χ0v) is 15.4. The van der Waals surface area contributed by atoms with Gasteiger partial charge in [0.1, 0.15) is 17.8 Å². The highest BCUT2D eigenvalue weighted by atomic mass is 16.1. The first-order valence-corrected chi connectivity index (χ1v) is 8.82. The molecule has 0 bridgehead atoms. The standard InChI is InChI=1S/C19H27N5O/c1-5-14(4)22-19(25)17-12-18(21-13-20-17)23-15-8-10-16(11-9-15)24(6-2)7-3/h8-14H,5-7H2,1-4H3,(H,22,25)(H,20,21,23). The summed E-state index contributed by atoms with van der Waals surface area (Å²) in [6.07, 6.45) is 2.28. The Balaban J connectivity index is 2.08. The van der Waals surface area contributed by atoms with Crippen molar-refractivity contribution >= 4 is 23.1 Å². The molecule has 25 heavy (non-hydrogen) atoms. The minimum atomic E-state index is -0.184. The van der Waals surface area contributed by atoms with E-state index in [-0.39, 0.29) is 11.9 Å². The Bertz CT molecular complexity index is 682. The smallest absolute Gasteiger partial charge is 0.270 e. The van der Waals surface area contributed by atoms with Crippen molar-refractivity contribution in [3.63, 3.8) is 0 Å². The molecule has 2 rings (SSSR count). The molecule has 0 radical (unpaired) electrons. The molecule has 0 saturated heterocycles. The molecule has 1 heterocycles. The number of anilines is 3. The topological polar surface area (TPSA) is 70.2 Å². The van der Waals surface area contributed by atoms with Crippen LogP contribution in [0.3, 0.4) is 0 Å². The van der Waals surface area contributed by atoms with Crippen molar-refractivity contribution in [3.8, 4) is 0 Å². The Hall–Kier alpha value is -2.63. The summed E-state index contributed by atoms with van der Waals surface area (Å²) in [5, 5.41) is 6.13. The van der Waals surface area contributed by atoms with E-state index in [2.05, 4.69) is 51.5 Å². The molecule has 6 nitrogen and oxygen atoms in total. The van der Waals surface area contributed by atoms with Crippen LogP contribution < -0.4 is 15.5 Å². The predicted molar refractivity (Wildman–Crippen MR) is 103 cm³/mol. The molecule has 6 heteroatoms. The molecule has 0 aliphatic rings. The number of carbonyl (C=O) groups is 1. The fourth-order valence-corrected chi connectivity index (χ4v) is 2.44. The maximum absolute atomic E-state index is 12.2. The SMILES string of the molecule is CCC(C)NC(=O)c1cc(Nc2ccc(N(CC)CC)cc2)ncn1. The second-order valence-corrected chi connectivity index (χ2v) is 5.92. The van der Waals surface area contributed by atoms with Gasteiger partial charge in [-0.1, -0.05) is 6.92 Å². The van der Waals surface area contributed by atoms with Gasteiger partial charge in [-0.25, -0.2) is 9.97 Å². The van der Waals surface area contributed by atoms with E-state index < -0.39 is 0 Å². The Morgan fingerprint density at radius 1 is 1.12 bits per heavy atom. The van der Waals surface area contributed by atoms with Crippen LogP contribution in [0.25, 0.3) is 0 Å². The van der Waals surface area contributed by atoms with Crippen LogP contribution in [0, 0.1) is 0 Å². The van der Waals surface area contributed by atoms with Crippen LogP contribution in [0.5, 0.6) is 0 Å². The average Bonchev–Trinajstić information content (AvgIpc) is 2.64. The highest BCUT2D eigenvalue weighted by molar-refractivity contribution is 5.93. The van der Waals surface area contributed by atoms with E-state index in [9.17, 15) is 4.79 Å². The van der Waals surface area contributed by atoms with Crippen molar-refractivity contribution in [3.05, 3.63) is 42.4 Å². The molecule has 1 aromatic carbocycles. The minimum absolute atomic E-state index is 0.117. The molecule has 0 saturated carbocycles. The van der Waals surface area contributed by atoms with Gasteiger partial charge in [-0.15, -0.1) is 0 Å². The second kappa shape index (κ2) is 9.01. The van der Waals surface area contributed by atoms with E-state index in [0.29, 0.717) is 11.5 Å². The summed E-state index contributed by atoms with van der Waals surface area (Å²) in [5.74, 6) is 0.413. The monoisotopic (exact) mass is 341 g/mol. The molecular formula is C19H27N5O. The van der Waals surface area contributed by atoms with Crippen LogP contribution in [0.1, 0.15) is 44.6 Å². The number of amides is 1. The van der Waals surface area contributed by atoms with Gasteiger partial charge in [0.2, 0.25) is 0 Å². The molecule has 2 aromatic rings. The van der Waals surface area contributed by atoms with Crippen LogP contribution in [-0.2, 0) is 0 Å². The number of hydrogen-bond donors (Lipinski definition) is 2. The number of nitrogens with one attached hydrogen (secondary N) is 2. The summed E-state index contributed by atoms with van der Waals surface area (Å²) in [4.78, 5) is 22.7. The van der Waals surface area contributed by atoms with Crippen LogP contribution in [0.15, 0.2) is 36.7 Å². The zero-order chi connectivity index (χ0) is 18.2. The summed E-state index contributed by atoms with van der Waals surface area (Å²) < 4.78 is 0. The number of nitrogens with zero attached hydrogens (tertiary/aromatic N) is 3. The predicted octanol–water partition coefficient (Wildman–Crippen LogP) is 3.59. The van der Waals surface area contributed by atoms with Gasteiger partial charge in [-0.3, -0.25) is 4.79 Å². The molecule has 134 valence electrons. The fourth-order valence-electron chi connectivity index (χ4n) is 2.44. The lowest BCUT2D eigenvalue weighted by atomic mass is 10.2. The first kappa shape index (κ1) is 18.7. The number of hydrogen-bond acceptors (Lipinski definition) is 5. The lowest BCUT2D eigenvalue weighted by Gasteiger charge is -2.21. The summed E-state index contributed by atoms with van der Waals surface area (Å²) in [7, 11) is 0. The maximum atomic E-state index is 12.2. The fraction of sp³-hybridized carbons (Fsp3) is 0.421. The number of aromatic nitrogens is 2. The summed E-state index contributed by atoms with van der Waals surface area (Å²) in [5.41, 5.74) is 2.47. The lowest BCUT2D eigenvalue weighted by Crippen LogP contribution is -2.32. The molecule has 0 spiro atoms. The normalized spacial score (nSPS) is 11.7. The van der Waals surface area contributed by atoms with Gasteiger partial charge in [0.05, 0.1) is 0 Å². The first-order valence-electron chi connectivity index (χ1n) is 8.82. The van der Waals surface area contributed by atoms with Gasteiger partial charge < -0.3 is 15.5 Å². The molecular weight excluding hydrogens is 314 g/mol. The zero-order valence-electron chi connectivity index (χ0n) is 15.4. The second-order valence-electron chi connectivity index (χ2n) is 5.92. The van der Waals surface area contributed by atoms with Gasteiger partial charge >= 0.3 is 0 Å². The Morgan fingerprint density at radius 3 is 2.40 bits per heavy atom. The molecule has 1 aromatic heterocycles. The average molecular weight is 341 g/mol. The van der Waals surface area contributed by atoms with Crippen molar-refractivity contribution in [2.45, 2.75) is 40.2 Å². The molecule has 2 N–H and O–H groups in total. The molecule has 1 amide bonds. The first-order chi connectivity index (χ1) is 12.1. The number of carbonyl (C=O) groups excluding carboxylic acids is 1. The van der Waals surface area contributed by atoms with E-state index in [1.54, 1.807) is 6.07 Å². The van der Waals surface area contributed by atoms with Crippen LogP contribution in [0.2, 0.25) is 0 Å². The minimum Gasteiger partial charge on any atom is -0.372 e. The van der Waals surface area contributed by atoms with Gasteiger partial charge in [0.25, 0.3) is 5.91 Å². The van der Waals surface area contributed by atoms with Crippen LogP contribution in [-0.4, -0.2) is 35.0 Å². The lowest BCUT2D eigenvalue weighted by molar-refractivity contribution is 0.0934. The highest BCUT2D eigenvalue weighted by Crippen LogP contribution is 2.20. The quantitative estimate of drug-likeness (QED) is 0.768. The van der Waals surface area contributed by atoms with Gasteiger partial charge in [-0.2, -0.15) is 0 Å². The highest BCUT2D eigenvalue weighted by Gasteiger charge is 2.11. The maximum Gasteiger partial charge on any atom is 0.270 e. The molecule has 1 unspecified atom stereocenters. The summed E-state index contributed by atoms with van der Waals surface area (Å²) >= 11 is 0. The third kappa shape index (κ3) is 5.17.